The van der Waals surface area contributed by atoms with Crippen molar-refractivity contribution in [2.45, 2.75) is 51.4 Å². The van der Waals surface area contributed by atoms with Crippen LogP contribution in [0.1, 0.15) is 72.1 Å². The fourth-order valence-electron chi connectivity index (χ4n) is 7.54. The molecule has 0 saturated heterocycles. The number of amides is 2. The summed E-state index contributed by atoms with van der Waals surface area (Å²) in [5, 5.41) is 1.54. The van der Waals surface area contributed by atoms with Gasteiger partial charge < -0.3 is 9.47 Å². The zero-order chi connectivity index (χ0) is 25.6. The second-order valence-electron chi connectivity index (χ2n) is 11.4. The van der Waals surface area contributed by atoms with Gasteiger partial charge in [0.15, 0.2) is 5.94 Å². The third kappa shape index (κ3) is 4.94. The van der Waals surface area contributed by atoms with E-state index in [-0.39, 0.29) is 17.7 Å². The molecule has 2 aromatic rings. The van der Waals surface area contributed by atoms with Gasteiger partial charge in [-0.05, 0) is 92.1 Å². The smallest absolute Gasteiger partial charge is 0.313 e. The Labute approximate surface area is 217 Å². The monoisotopic (exact) mass is 527 g/mol. The Morgan fingerprint density at radius 1 is 0.811 bits per heavy atom. The molecule has 1 heterocycles. The van der Waals surface area contributed by atoms with Crippen molar-refractivity contribution < 1.29 is 31.8 Å². The highest BCUT2D eigenvalue weighted by atomic mass is 32.2. The lowest BCUT2D eigenvalue weighted by molar-refractivity contribution is -0.0967. The predicted molar refractivity (Wildman–Crippen MR) is 136 cm³/mol. The van der Waals surface area contributed by atoms with Crippen LogP contribution in [0.15, 0.2) is 36.4 Å². The van der Waals surface area contributed by atoms with Gasteiger partial charge in [0.05, 0.1) is 17.7 Å². The molecule has 4 aliphatic carbocycles. The van der Waals surface area contributed by atoms with Gasteiger partial charge in [-0.3, -0.25) is 9.59 Å². The lowest BCUT2D eigenvalue weighted by Crippen LogP contribution is -2.48. The second-order valence-corrected chi connectivity index (χ2v) is 12.9. The normalized spacial score (nSPS) is 28.4. The maximum atomic E-state index is 12.8. The third-order valence-electron chi connectivity index (χ3n) is 8.55. The molecule has 0 radical (unpaired) electrons. The molecule has 0 aromatic heterocycles. The van der Waals surface area contributed by atoms with E-state index < -0.39 is 27.9 Å². The molecule has 0 unspecified atom stereocenters. The Hall–Kier alpha value is -2.33. The first-order valence-corrected chi connectivity index (χ1v) is 14.9. The number of hydrogen-bond donors (Lipinski definition) is 0. The minimum absolute atomic E-state index is 0.216. The molecule has 198 valence electrons. The van der Waals surface area contributed by atoms with Crippen LogP contribution < -0.4 is 0 Å². The number of hydroxylamine groups is 2. The van der Waals surface area contributed by atoms with Gasteiger partial charge in [-0.2, -0.15) is 8.42 Å². The Bertz CT molecular complexity index is 1240. The summed E-state index contributed by atoms with van der Waals surface area (Å²) in [4.78, 5) is 25.7. The van der Waals surface area contributed by atoms with Gasteiger partial charge in [-0.1, -0.05) is 24.3 Å². The van der Waals surface area contributed by atoms with Gasteiger partial charge in [0.2, 0.25) is 0 Å². The van der Waals surface area contributed by atoms with Crippen molar-refractivity contribution in [1.29, 1.82) is 0 Å². The summed E-state index contributed by atoms with van der Waals surface area (Å²) < 4.78 is 41.2. The maximum absolute atomic E-state index is 12.8. The topological polar surface area (TPSA) is 99.2 Å². The molecule has 2 amide bonds. The molecule has 4 saturated carbocycles. The number of carbonyl (C=O) groups excluding carboxylic acids is 2. The minimum Gasteiger partial charge on any atom is -0.381 e. The summed E-state index contributed by atoms with van der Waals surface area (Å²) in [6.07, 6.45) is 9.66. The lowest BCUT2D eigenvalue weighted by atomic mass is 9.50. The van der Waals surface area contributed by atoms with Crippen LogP contribution >= 0.6 is 0 Å². The van der Waals surface area contributed by atoms with Crippen LogP contribution in [-0.2, 0) is 23.9 Å². The maximum Gasteiger partial charge on any atom is 0.313 e. The molecule has 8 nitrogen and oxygen atoms in total. The molecule has 37 heavy (non-hydrogen) atoms. The molecule has 1 aliphatic heterocycles. The Morgan fingerprint density at radius 3 is 1.92 bits per heavy atom. The SMILES string of the molecule is O=C1c2cccc3cccc(c23)C(=O)N1OS(=O)(=O)COCCCCOCC12CC3CC(CC(C3)C1)C2. The summed E-state index contributed by atoms with van der Waals surface area (Å²) in [5.74, 6) is 0.358. The van der Waals surface area contributed by atoms with E-state index >= 15 is 0 Å². The van der Waals surface area contributed by atoms with Crippen LogP contribution in [0.2, 0.25) is 0 Å². The molecular weight excluding hydrogens is 494 g/mol. The average molecular weight is 528 g/mol. The fraction of sp³-hybridized carbons (Fsp3) is 0.571. The number of benzene rings is 2. The largest absolute Gasteiger partial charge is 0.381 e. The highest BCUT2D eigenvalue weighted by molar-refractivity contribution is 7.86. The van der Waals surface area contributed by atoms with E-state index in [1.807, 2.05) is 0 Å². The van der Waals surface area contributed by atoms with Crippen molar-refractivity contribution in [3.8, 4) is 0 Å². The number of nitrogens with zero attached hydrogens (tertiary/aromatic N) is 1. The molecule has 5 aliphatic rings. The summed E-state index contributed by atoms with van der Waals surface area (Å²) in [6, 6.07) is 10.0. The molecule has 4 fully saturated rings. The van der Waals surface area contributed by atoms with Gasteiger partial charge >= 0.3 is 10.1 Å². The van der Waals surface area contributed by atoms with Gasteiger partial charge in [0.1, 0.15) is 0 Å². The molecule has 0 spiro atoms. The quantitative estimate of drug-likeness (QED) is 0.309. The van der Waals surface area contributed by atoms with Crippen molar-refractivity contribution in [3.63, 3.8) is 0 Å². The second kappa shape index (κ2) is 9.76. The van der Waals surface area contributed by atoms with Crippen molar-refractivity contribution in [3.05, 3.63) is 47.5 Å². The zero-order valence-corrected chi connectivity index (χ0v) is 21.7. The van der Waals surface area contributed by atoms with Crippen molar-refractivity contribution in [1.82, 2.24) is 5.06 Å². The number of unbranched alkanes of at least 4 members (excludes halogenated alkanes) is 1. The van der Waals surface area contributed by atoms with E-state index in [2.05, 4.69) is 0 Å². The summed E-state index contributed by atoms with van der Waals surface area (Å²) >= 11 is 0. The first-order valence-electron chi connectivity index (χ1n) is 13.3. The molecule has 9 heteroatoms. The number of imide groups is 1. The molecule has 0 atom stereocenters. The van der Waals surface area contributed by atoms with Crippen LogP contribution in [0, 0.1) is 23.2 Å². The number of rotatable bonds is 11. The van der Waals surface area contributed by atoms with Crippen LogP contribution in [-0.4, -0.2) is 51.1 Å². The van der Waals surface area contributed by atoms with Crippen LogP contribution in [0.4, 0.5) is 0 Å². The number of carbonyl (C=O) groups is 2. The Kier molecular flexibility index (Phi) is 6.59. The fourth-order valence-corrected chi connectivity index (χ4v) is 8.26. The predicted octanol–water partition coefficient (Wildman–Crippen LogP) is 4.68. The van der Waals surface area contributed by atoms with E-state index in [9.17, 15) is 18.0 Å². The van der Waals surface area contributed by atoms with Gasteiger partial charge in [0.25, 0.3) is 11.8 Å². The van der Waals surface area contributed by atoms with E-state index in [4.69, 9.17) is 13.8 Å². The Balaban J connectivity index is 0.935. The van der Waals surface area contributed by atoms with E-state index in [0.29, 0.717) is 28.9 Å². The van der Waals surface area contributed by atoms with Crippen LogP contribution in [0.5, 0.6) is 0 Å². The molecule has 2 aromatic carbocycles. The lowest BCUT2D eigenvalue weighted by Gasteiger charge is -2.56. The van der Waals surface area contributed by atoms with Gasteiger partial charge in [-0.25, -0.2) is 0 Å². The first-order chi connectivity index (χ1) is 17.8. The van der Waals surface area contributed by atoms with E-state index in [1.54, 1.807) is 36.4 Å². The minimum atomic E-state index is -4.31. The highest BCUT2D eigenvalue weighted by Crippen LogP contribution is 2.60. The molecular formula is C28H33NO7S. The van der Waals surface area contributed by atoms with E-state index in [1.165, 1.54) is 38.5 Å². The van der Waals surface area contributed by atoms with E-state index in [0.717, 1.165) is 36.2 Å². The number of ether oxygens (including phenoxy) is 2. The molecule has 7 rings (SSSR count). The summed E-state index contributed by atoms with van der Waals surface area (Å²) in [7, 11) is -4.31. The van der Waals surface area contributed by atoms with Crippen molar-refractivity contribution in [2.24, 2.45) is 23.2 Å². The van der Waals surface area contributed by atoms with Gasteiger partial charge in [-0.15, -0.1) is 9.35 Å². The average Bonchev–Trinajstić information content (AvgIpc) is 2.86. The van der Waals surface area contributed by atoms with Crippen LogP contribution in [0.25, 0.3) is 10.8 Å². The first kappa shape index (κ1) is 25.0. The Morgan fingerprint density at radius 2 is 1.35 bits per heavy atom. The van der Waals surface area contributed by atoms with Crippen molar-refractivity contribution >= 4 is 32.7 Å². The highest BCUT2D eigenvalue weighted by Gasteiger charge is 2.50. The van der Waals surface area contributed by atoms with Gasteiger partial charge in [0, 0.05) is 18.6 Å². The van der Waals surface area contributed by atoms with Crippen LogP contribution in [0.3, 0.4) is 0 Å². The number of hydrogen-bond acceptors (Lipinski definition) is 7. The molecule has 4 bridgehead atoms. The molecule has 0 N–H and O–H groups in total. The summed E-state index contributed by atoms with van der Waals surface area (Å²) in [5.41, 5.74) is 0.834. The standard InChI is InChI=1S/C28H33NO7S/c30-26-23-7-3-5-22-6-4-8-24(25(22)23)27(31)29(26)36-37(32,33)18-35-10-2-1-9-34-17-28-14-19-11-20(15-28)13-21(12-19)16-28/h3-8,19-21H,1-2,9-18H2. The summed E-state index contributed by atoms with van der Waals surface area (Å²) in [6.45, 7) is 1.69. The zero-order valence-electron chi connectivity index (χ0n) is 20.9. The third-order valence-corrected chi connectivity index (χ3v) is 9.38. The van der Waals surface area contributed by atoms with Crippen molar-refractivity contribution in [2.75, 3.05) is 25.8 Å².